The molecule has 88 valence electrons. The van der Waals surface area contributed by atoms with Gasteiger partial charge in [0.2, 0.25) is 0 Å². The van der Waals surface area contributed by atoms with E-state index >= 15 is 0 Å². The number of carboxylic acids is 1. The van der Waals surface area contributed by atoms with Crippen molar-refractivity contribution in [1.82, 2.24) is 0 Å². The molecule has 1 atom stereocenters. The Morgan fingerprint density at radius 1 is 1.56 bits per heavy atom. The molecule has 0 fully saturated rings. The molecule has 0 spiro atoms. The normalized spacial score (nSPS) is 12.1. The fourth-order valence-corrected chi connectivity index (χ4v) is 1.49. The summed E-state index contributed by atoms with van der Waals surface area (Å²) in [5.41, 5.74) is 6.45. The van der Waals surface area contributed by atoms with Gasteiger partial charge in [0.25, 0.3) is 0 Å². The molecule has 0 aliphatic carbocycles. The van der Waals surface area contributed by atoms with Crippen LogP contribution in [0.4, 0.5) is 0 Å². The van der Waals surface area contributed by atoms with Gasteiger partial charge in [-0.1, -0.05) is 12.1 Å². The number of aliphatic carboxylic acids is 1. The Labute approximate surface area is 93.5 Å². The lowest BCUT2D eigenvalue weighted by Crippen LogP contribution is -2.13. The van der Waals surface area contributed by atoms with E-state index in [-0.39, 0.29) is 12.2 Å². The molecule has 0 saturated heterocycles. The van der Waals surface area contributed by atoms with Crippen molar-refractivity contribution in [2.75, 3.05) is 7.11 Å². The van der Waals surface area contributed by atoms with Crippen LogP contribution in [0, 0.1) is 0 Å². The van der Waals surface area contributed by atoms with E-state index in [9.17, 15) is 9.90 Å². The molecular weight excluding hydrogens is 210 g/mol. The number of ether oxygens (including phenoxy) is 1. The standard InChI is InChI=1S/C11H15NO4/c1-16-11-7(3-2-4-9(11)13)8(12)5-6-10(14)15/h2-4,8,13H,5-6,12H2,1H3,(H,14,15). The maximum Gasteiger partial charge on any atom is 0.303 e. The van der Waals surface area contributed by atoms with Gasteiger partial charge in [0.1, 0.15) is 0 Å². The number of carbonyl (C=O) groups is 1. The van der Waals surface area contributed by atoms with Gasteiger partial charge in [-0.05, 0) is 12.5 Å². The average Bonchev–Trinajstić information content (AvgIpc) is 2.25. The molecule has 0 heterocycles. The summed E-state index contributed by atoms with van der Waals surface area (Å²) in [5, 5.41) is 18.1. The van der Waals surface area contributed by atoms with Gasteiger partial charge >= 0.3 is 5.97 Å². The number of carboxylic acid groups (broad SMARTS) is 1. The Hall–Kier alpha value is -1.75. The zero-order valence-electron chi connectivity index (χ0n) is 9.01. The highest BCUT2D eigenvalue weighted by Crippen LogP contribution is 2.34. The molecule has 1 aromatic carbocycles. The molecule has 1 aromatic rings. The number of methoxy groups -OCH3 is 1. The van der Waals surface area contributed by atoms with Crippen LogP contribution in [-0.4, -0.2) is 23.3 Å². The van der Waals surface area contributed by atoms with Gasteiger partial charge in [-0.15, -0.1) is 0 Å². The minimum atomic E-state index is -0.894. The monoisotopic (exact) mass is 225 g/mol. The minimum Gasteiger partial charge on any atom is -0.504 e. The topological polar surface area (TPSA) is 92.8 Å². The van der Waals surface area contributed by atoms with Crippen molar-refractivity contribution in [3.05, 3.63) is 23.8 Å². The summed E-state index contributed by atoms with van der Waals surface area (Å²) in [6.07, 6.45) is 0.287. The molecule has 1 rings (SSSR count). The van der Waals surface area contributed by atoms with Gasteiger partial charge in [-0.2, -0.15) is 0 Å². The zero-order valence-corrected chi connectivity index (χ0v) is 9.01. The van der Waals surface area contributed by atoms with E-state index in [2.05, 4.69) is 0 Å². The SMILES string of the molecule is COc1c(O)cccc1C(N)CCC(=O)O. The summed E-state index contributed by atoms with van der Waals surface area (Å²) < 4.78 is 5.03. The molecule has 0 aliphatic heterocycles. The van der Waals surface area contributed by atoms with Crippen molar-refractivity contribution < 1.29 is 19.7 Å². The van der Waals surface area contributed by atoms with Crippen molar-refractivity contribution in [2.45, 2.75) is 18.9 Å². The largest absolute Gasteiger partial charge is 0.504 e. The van der Waals surface area contributed by atoms with Gasteiger partial charge in [0.15, 0.2) is 11.5 Å². The van der Waals surface area contributed by atoms with E-state index in [4.69, 9.17) is 15.6 Å². The van der Waals surface area contributed by atoms with E-state index in [1.165, 1.54) is 13.2 Å². The van der Waals surface area contributed by atoms with Crippen LogP contribution in [0.2, 0.25) is 0 Å². The Morgan fingerprint density at radius 3 is 2.81 bits per heavy atom. The van der Waals surface area contributed by atoms with Crippen LogP contribution in [-0.2, 0) is 4.79 Å². The third-order valence-electron chi connectivity index (χ3n) is 2.30. The third-order valence-corrected chi connectivity index (χ3v) is 2.30. The molecule has 0 saturated carbocycles. The Bertz CT molecular complexity index is 378. The predicted molar refractivity (Wildman–Crippen MR) is 58.5 cm³/mol. The van der Waals surface area contributed by atoms with Crippen LogP contribution in [0.25, 0.3) is 0 Å². The van der Waals surface area contributed by atoms with E-state index in [0.29, 0.717) is 17.7 Å². The predicted octanol–water partition coefficient (Wildman–Crippen LogP) is 1.27. The van der Waals surface area contributed by atoms with Crippen LogP contribution >= 0.6 is 0 Å². The fraction of sp³-hybridized carbons (Fsp3) is 0.364. The van der Waals surface area contributed by atoms with E-state index < -0.39 is 12.0 Å². The van der Waals surface area contributed by atoms with Crippen molar-refractivity contribution in [1.29, 1.82) is 0 Å². The molecular formula is C11H15NO4. The quantitative estimate of drug-likeness (QED) is 0.701. The fourth-order valence-electron chi connectivity index (χ4n) is 1.49. The summed E-state index contributed by atoms with van der Waals surface area (Å²) in [4.78, 5) is 10.4. The molecule has 0 bridgehead atoms. The Morgan fingerprint density at radius 2 is 2.25 bits per heavy atom. The molecule has 1 unspecified atom stereocenters. The number of benzene rings is 1. The zero-order chi connectivity index (χ0) is 12.1. The number of hydrogen-bond acceptors (Lipinski definition) is 4. The number of phenolic OH excluding ortho intramolecular Hbond substituents is 1. The van der Waals surface area contributed by atoms with Crippen molar-refractivity contribution >= 4 is 5.97 Å². The van der Waals surface area contributed by atoms with Gasteiger partial charge in [-0.3, -0.25) is 4.79 Å². The maximum atomic E-state index is 10.4. The van der Waals surface area contributed by atoms with Crippen molar-refractivity contribution in [3.63, 3.8) is 0 Å². The molecule has 0 aliphatic rings. The lowest BCUT2D eigenvalue weighted by molar-refractivity contribution is -0.137. The smallest absolute Gasteiger partial charge is 0.303 e. The minimum absolute atomic E-state index is 0.00535. The van der Waals surface area contributed by atoms with E-state index in [0.717, 1.165) is 0 Å². The number of hydrogen-bond donors (Lipinski definition) is 3. The number of phenols is 1. The molecule has 16 heavy (non-hydrogen) atoms. The lowest BCUT2D eigenvalue weighted by atomic mass is 10.0. The highest BCUT2D eigenvalue weighted by molar-refractivity contribution is 5.66. The third kappa shape index (κ3) is 2.87. The second kappa shape index (κ2) is 5.37. The van der Waals surface area contributed by atoms with Crippen LogP contribution in [0.5, 0.6) is 11.5 Å². The first kappa shape index (κ1) is 12.3. The van der Waals surface area contributed by atoms with Gasteiger partial charge in [-0.25, -0.2) is 0 Å². The lowest BCUT2D eigenvalue weighted by Gasteiger charge is -2.15. The molecule has 0 amide bonds. The molecule has 0 radical (unpaired) electrons. The number of para-hydroxylation sites is 1. The van der Waals surface area contributed by atoms with Crippen LogP contribution in [0.1, 0.15) is 24.4 Å². The highest BCUT2D eigenvalue weighted by atomic mass is 16.5. The molecule has 0 aromatic heterocycles. The first-order valence-corrected chi connectivity index (χ1v) is 4.89. The summed E-state index contributed by atoms with van der Waals surface area (Å²) in [7, 11) is 1.43. The first-order chi connectivity index (χ1) is 7.56. The summed E-state index contributed by atoms with van der Waals surface area (Å²) in [6, 6.07) is 4.39. The highest BCUT2D eigenvalue weighted by Gasteiger charge is 2.15. The summed E-state index contributed by atoms with van der Waals surface area (Å²) in [5.74, 6) is -0.583. The summed E-state index contributed by atoms with van der Waals surface area (Å²) >= 11 is 0. The second-order valence-electron chi connectivity index (χ2n) is 3.44. The Kier molecular flexibility index (Phi) is 4.13. The van der Waals surface area contributed by atoms with Crippen LogP contribution in [0.15, 0.2) is 18.2 Å². The van der Waals surface area contributed by atoms with Crippen LogP contribution in [0.3, 0.4) is 0 Å². The van der Waals surface area contributed by atoms with Gasteiger partial charge in [0, 0.05) is 18.0 Å². The van der Waals surface area contributed by atoms with Gasteiger partial charge < -0.3 is 20.7 Å². The average molecular weight is 225 g/mol. The number of rotatable bonds is 5. The van der Waals surface area contributed by atoms with Gasteiger partial charge in [0.05, 0.1) is 7.11 Å². The van der Waals surface area contributed by atoms with E-state index in [1.54, 1.807) is 12.1 Å². The summed E-state index contributed by atoms with van der Waals surface area (Å²) in [6.45, 7) is 0. The van der Waals surface area contributed by atoms with Crippen molar-refractivity contribution in [2.24, 2.45) is 5.73 Å². The number of nitrogens with two attached hydrogens (primary N) is 1. The maximum absolute atomic E-state index is 10.4. The second-order valence-corrected chi connectivity index (χ2v) is 3.44. The molecule has 4 N–H and O–H groups in total. The van der Waals surface area contributed by atoms with Crippen LogP contribution < -0.4 is 10.5 Å². The van der Waals surface area contributed by atoms with Crippen molar-refractivity contribution in [3.8, 4) is 11.5 Å². The number of aromatic hydroxyl groups is 1. The Balaban J connectivity index is 2.85. The molecule has 5 nitrogen and oxygen atoms in total. The molecule has 5 heteroatoms. The first-order valence-electron chi connectivity index (χ1n) is 4.89. The van der Waals surface area contributed by atoms with E-state index in [1.807, 2.05) is 0 Å².